The van der Waals surface area contributed by atoms with Crippen molar-refractivity contribution in [2.45, 2.75) is 25.2 Å². The van der Waals surface area contributed by atoms with Crippen LogP contribution in [0.15, 0.2) is 18.2 Å². The molecule has 3 nitrogen and oxygen atoms in total. The summed E-state index contributed by atoms with van der Waals surface area (Å²) in [4.78, 5) is 10.6. The van der Waals surface area contributed by atoms with Crippen molar-refractivity contribution >= 4 is 5.97 Å². The zero-order chi connectivity index (χ0) is 12.3. The van der Waals surface area contributed by atoms with Crippen molar-refractivity contribution < 1.29 is 19.0 Å². The number of halogens is 1. The molecule has 0 spiro atoms. The number of carboxylic acids is 1. The minimum absolute atomic E-state index is 0.0590. The molecule has 1 heterocycles. The fraction of sp³-hybridized carbons (Fsp3) is 0.462. The van der Waals surface area contributed by atoms with Crippen LogP contribution < -0.4 is 0 Å². The van der Waals surface area contributed by atoms with Crippen LogP contribution in [0, 0.1) is 5.82 Å². The highest BCUT2D eigenvalue weighted by atomic mass is 19.1. The Balaban J connectivity index is 2.21. The van der Waals surface area contributed by atoms with E-state index in [1.165, 1.54) is 12.1 Å². The lowest BCUT2D eigenvalue weighted by Gasteiger charge is -2.23. The first-order chi connectivity index (χ1) is 8.16. The molecule has 0 aliphatic carbocycles. The SMILES string of the molecule is O=C(O)Cc1ccc(F)c(C2CCOCC2)c1. The third-order valence-electron chi connectivity index (χ3n) is 3.08. The van der Waals surface area contributed by atoms with Crippen molar-refractivity contribution in [2.24, 2.45) is 0 Å². The number of aliphatic carboxylic acids is 1. The lowest BCUT2D eigenvalue weighted by molar-refractivity contribution is -0.136. The molecule has 0 saturated carbocycles. The highest BCUT2D eigenvalue weighted by Crippen LogP contribution is 2.29. The summed E-state index contributed by atoms with van der Waals surface area (Å²) in [5.74, 6) is -0.988. The number of hydrogen-bond donors (Lipinski definition) is 1. The van der Waals surface area contributed by atoms with Crippen molar-refractivity contribution in [3.8, 4) is 0 Å². The third kappa shape index (κ3) is 3.03. The van der Waals surface area contributed by atoms with Crippen LogP contribution in [0.4, 0.5) is 4.39 Å². The maximum atomic E-state index is 13.7. The van der Waals surface area contributed by atoms with Crippen LogP contribution in [0.25, 0.3) is 0 Å². The van der Waals surface area contributed by atoms with E-state index in [0.717, 1.165) is 12.8 Å². The van der Waals surface area contributed by atoms with E-state index in [1.807, 2.05) is 0 Å². The van der Waals surface area contributed by atoms with Gasteiger partial charge in [0.25, 0.3) is 0 Å². The molecular weight excluding hydrogens is 223 g/mol. The summed E-state index contributed by atoms with van der Waals surface area (Å²) in [5.41, 5.74) is 1.28. The van der Waals surface area contributed by atoms with Crippen LogP contribution in [0.3, 0.4) is 0 Å². The Morgan fingerprint density at radius 1 is 1.41 bits per heavy atom. The number of carbonyl (C=O) groups is 1. The minimum Gasteiger partial charge on any atom is -0.481 e. The fourth-order valence-corrected chi connectivity index (χ4v) is 2.20. The van der Waals surface area contributed by atoms with E-state index >= 15 is 0 Å². The van der Waals surface area contributed by atoms with Gasteiger partial charge in [0.2, 0.25) is 0 Å². The van der Waals surface area contributed by atoms with E-state index in [4.69, 9.17) is 9.84 Å². The van der Waals surface area contributed by atoms with E-state index in [0.29, 0.717) is 24.3 Å². The monoisotopic (exact) mass is 238 g/mol. The highest BCUT2D eigenvalue weighted by molar-refractivity contribution is 5.70. The highest BCUT2D eigenvalue weighted by Gasteiger charge is 2.19. The summed E-state index contributed by atoms with van der Waals surface area (Å²) in [6.45, 7) is 1.29. The standard InChI is InChI=1S/C13H15FO3/c14-12-2-1-9(8-13(15)16)7-11(12)10-3-5-17-6-4-10/h1-2,7,10H,3-6,8H2,(H,15,16). The van der Waals surface area contributed by atoms with Gasteiger partial charge in [-0.05, 0) is 36.0 Å². The first kappa shape index (κ1) is 12.0. The van der Waals surface area contributed by atoms with E-state index in [2.05, 4.69) is 0 Å². The molecule has 0 aromatic heterocycles. The molecule has 1 aliphatic heterocycles. The maximum absolute atomic E-state index is 13.7. The minimum atomic E-state index is -0.894. The van der Waals surface area contributed by atoms with Gasteiger partial charge in [-0.3, -0.25) is 4.79 Å². The fourth-order valence-electron chi connectivity index (χ4n) is 2.20. The zero-order valence-electron chi connectivity index (χ0n) is 9.49. The molecule has 0 amide bonds. The smallest absolute Gasteiger partial charge is 0.307 e. The summed E-state index contributed by atoms with van der Waals surface area (Å²) in [6.07, 6.45) is 1.54. The number of ether oxygens (including phenoxy) is 1. The molecule has 1 aromatic rings. The van der Waals surface area contributed by atoms with E-state index in [1.54, 1.807) is 6.07 Å². The summed E-state index contributed by atoms with van der Waals surface area (Å²) in [7, 11) is 0. The predicted octanol–water partition coefficient (Wildman–Crippen LogP) is 2.35. The van der Waals surface area contributed by atoms with Crippen LogP contribution in [-0.2, 0) is 16.0 Å². The molecule has 1 saturated heterocycles. The Kier molecular flexibility index (Phi) is 3.74. The number of benzene rings is 1. The van der Waals surface area contributed by atoms with Crippen molar-refractivity contribution in [1.29, 1.82) is 0 Å². The second-order valence-electron chi connectivity index (χ2n) is 4.31. The molecule has 4 heteroatoms. The second-order valence-corrected chi connectivity index (χ2v) is 4.31. The molecule has 17 heavy (non-hydrogen) atoms. The van der Waals surface area contributed by atoms with Crippen LogP contribution >= 0.6 is 0 Å². The summed E-state index contributed by atoms with van der Waals surface area (Å²) in [6, 6.07) is 4.58. The summed E-state index contributed by atoms with van der Waals surface area (Å²) < 4.78 is 18.9. The molecule has 92 valence electrons. The molecule has 2 rings (SSSR count). The molecule has 1 aliphatic rings. The van der Waals surface area contributed by atoms with Gasteiger partial charge in [0.1, 0.15) is 5.82 Å². The molecule has 0 radical (unpaired) electrons. The topological polar surface area (TPSA) is 46.5 Å². The van der Waals surface area contributed by atoms with Crippen molar-refractivity contribution in [3.05, 3.63) is 35.1 Å². The number of carboxylic acid groups (broad SMARTS) is 1. The van der Waals surface area contributed by atoms with Gasteiger partial charge in [-0.2, -0.15) is 0 Å². The van der Waals surface area contributed by atoms with Gasteiger partial charge in [-0.1, -0.05) is 12.1 Å². The predicted molar refractivity (Wildman–Crippen MR) is 60.5 cm³/mol. The Morgan fingerprint density at radius 3 is 2.76 bits per heavy atom. The molecule has 0 unspecified atom stereocenters. The van der Waals surface area contributed by atoms with Gasteiger partial charge in [0.15, 0.2) is 0 Å². The van der Waals surface area contributed by atoms with E-state index < -0.39 is 5.97 Å². The van der Waals surface area contributed by atoms with E-state index in [-0.39, 0.29) is 18.2 Å². The van der Waals surface area contributed by atoms with Gasteiger partial charge in [0.05, 0.1) is 6.42 Å². The van der Waals surface area contributed by atoms with Crippen molar-refractivity contribution in [2.75, 3.05) is 13.2 Å². The maximum Gasteiger partial charge on any atom is 0.307 e. The lowest BCUT2D eigenvalue weighted by atomic mass is 9.90. The Labute approximate surface area is 99.2 Å². The molecule has 0 bridgehead atoms. The van der Waals surface area contributed by atoms with Crippen LogP contribution in [0.2, 0.25) is 0 Å². The summed E-state index contributed by atoms with van der Waals surface area (Å²) >= 11 is 0. The zero-order valence-corrected chi connectivity index (χ0v) is 9.49. The van der Waals surface area contributed by atoms with Gasteiger partial charge in [0, 0.05) is 13.2 Å². The average molecular weight is 238 g/mol. The number of rotatable bonds is 3. The number of hydrogen-bond acceptors (Lipinski definition) is 2. The molecule has 1 N–H and O–H groups in total. The molecule has 1 aromatic carbocycles. The van der Waals surface area contributed by atoms with Crippen LogP contribution in [0.5, 0.6) is 0 Å². The van der Waals surface area contributed by atoms with Gasteiger partial charge >= 0.3 is 5.97 Å². The largest absolute Gasteiger partial charge is 0.481 e. The Morgan fingerprint density at radius 2 is 2.12 bits per heavy atom. The Bertz CT molecular complexity index is 411. The quantitative estimate of drug-likeness (QED) is 0.879. The van der Waals surface area contributed by atoms with Crippen LogP contribution in [-0.4, -0.2) is 24.3 Å². The second kappa shape index (κ2) is 5.27. The average Bonchev–Trinajstić information content (AvgIpc) is 2.32. The van der Waals surface area contributed by atoms with Gasteiger partial charge < -0.3 is 9.84 Å². The van der Waals surface area contributed by atoms with Crippen molar-refractivity contribution in [3.63, 3.8) is 0 Å². The van der Waals surface area contributed by atoms with E-state index in [9.17, 15) is 9.18 Å². The molecule has 1 fully saturated rings. The normalized spacial score (nSPS) is 17.0. The first-order valence-electron chi connectivity index (χ1n) is 5.74. The molecule has 0 atom stereocenters. The summed E-state index contributed by atoms with van der Waals surface area (Å²) in [5, 5.41) is 8.72. The van der Waals surface area contributed by atoms with Crippen molar-refractivity contribution in [1.82, 2.24) is 0 Å². The Hall–Kier alpha value is -1.42. The first-order valence-corrected chi connectivity index (χ1v) is 5.74. The third-order valence-corrected chi connectivity index (χ3v) is 3.08. The van der Waals surface area contributed by atoms with Gasteiger partial charge in [-0.25, -0.2) is 4.39 Å². The molecular formula is C13H15FO3. The van der Waals surface area contributed by atoms with Crippen LogP contribution in [0.1, 0.15) is 29.9 Å². The lowest BCUT2D eigenvalue weighted by Crippen LogP contribution is -2.15. The van der Waals surface area contributed by atoms with Gasteiger partial charge in [-0.15, -0.1) is 0 Å².